The minimum atomic E-state index is -7.33. The largest absolute Gasteiger partial charge is 0.478 e. The second kappa shape index (κ2) is 8.01. The van der Waals surface area contributed by atoms with E-state index in [1.165, 1.54) is 0 Å². The highest BCUT2D eigenvalue weighted by molar-refractivity contribution is 5.89. The molecule has 0 spiro atoms. The van der Waals surface area contributed by atoms with Gasteiger partial charge in [0.2, 0.25) is 0 Å². The zero-order valence-corrected chi connectivity index (χ0v) is 14.9. The van der Waals surface area contributed by atoms with Crippen LogP contribution in [0.15, 0.2) is 11.1 Å². The van der Waals surface area contributed by atoms with Crippen LogP contribution in [0.2, 0.25) is 0 Å². The highest BCUT2D eigenvalue weighted by atomic mass is 19.4. The molecule has 1 rings (SSSR count). The molecule has 1 fully saturated rings. The van der Waals surface area contributed by atoms with Gasteiger partial charge in [-0.3, -0.25) is 0 Å². The molecule has 3 N–H and O–H groups in total. The molecule has 0 amide bonds. The summed E-state index contributed by atoms with van der Waals surface area (Å²) in [6, 6.07) is 0. The topological polar surface area (TPSA) is 77.8 Å². The van der Waals surface area contributed by atoms with E-state index in [0.29, 0.717) is 0 Å². The van der Waals surface area contributed by atoms with Crippen molar-refractivity contribution in [3.05, 3.63) is 11.1 Å². The highest BCUT2D eigenvalue weighted by Gasteiger charge is 2.84. The molecule has 31 heavy (non-hydrogen) atoms. The Morgan fingerprint density at radius 3 is 1.13 bits per heavy atom. The van der Waals surface area contributed by atoms with Crippen LogP contribution < -0.4 is 0 Å². The van der Waals surface area contributed by atoms with E-state index in [1.54, 1.807) is 0 Å². The van der Waals surface area contributed by atoms with Crippen LogP contribution in [0.5, 0.6) is 0 Å². The lowest BCUT2D eigenvalue weighted by Gasteiger charge is -2.44. The van der Waals surface area contributed by atoms with Crippen molar-refractivity contribution >= 4 is 5.97 Å². The molecule has 0 unspecified atom stereocenters. The molecule has 0 atom stereocenters. The van der Waals surface area contributed by atoms with Crippen LogP contribution >= 0.6 is 0 Å². The monoisotopic (exact) mass is 486 g/mol. The van der Waals surface area contributed by atoms with Gasteiger partial charge in [0.15, 0.2) is 0 Å². The number of aliphatic carboxylic acids is 1. The van der Waals surface area contributed by atoms with E-state index >= 15 is 0 Å². The van der Waals surface area contributed by atoms with Gasteiger partial charge in [0.25, 0.3) is 11.2 Å². The molecule has 0 aromatic rings. The fraction of sp³-hybridized carbons (Fsp3) is 0.800. The van der Waals surface area contributed by atoms with E-state index in [2.05, 4.69) is 0 Å². The van der Waals surface area contributed by atoms with Crippen molar-refractivity contribution in [3.8, 4) is 0 Å². The average molecular weight is 486 g/mol. The minimum absolute atomic E-state index is 0.151. The number of carboxylic acids is 1. The van der Waals surface area contributed by atoms with Gasteiger partial charge in [-0.05, 0) is 18.8 Å². The molecule has 16 heteroatoms. The lowest BCUT2D eigenvalue weighted by atomic mass is 9.70. The maximum atomic E-state index is 13.3. The maximum absolute atomic E-state index is 13.3. The van der Waals surface area contributed by atoms with Gasteiger partial charge in [0.05, 0.1) is 0 Å². The van der Waals surface area contributed by atoms with Gasteiger partial charge in [-0.2, -0.15) is 52.7 Å². The molecule has 0 radical (unpaired) electrons. The van der Waals surface area contributed by atoms with Crippen molar-refractivity contribution in [1.82, 2.24) is 0 Å². The lowest BCUT2D eigenvalue weighted by Crippen LogP contribution is -2.70. The summed E-state index contributed by atoms with van der Waals surface area (Å²) in [5, 5.41) is 28.0. The van der Waals surface area contributed by atoms with Gasteiger partial charge >= 0.3 is 30.7 Å². The van der Waals surface area contributed by atoms with Crippen LogP contribution in [0, 0.1) is 5.92 Å². The summed E-state index contributed by atoms with van der Waals surface area (Å²) >= 11 is 0. The Bertz CT molecular complexity index is 639. The van der Waals surface area contributed by atoms with E-state index in [0.717, 1.165) is 0 Å². The second-order valence-electron chi connectivity index (χ2n) is 6.84. The zero-order chi connectivity index (χ0) is 24.8. The zero-order valence-electron chi connectivity index (χ0n) is 14.9. The van der Waals surface area contributed by atoms with Crippen molar-refractivity contribution in [3.63, 3.8) is 0 Å². The molecule has 4 nitrogen and oxygen atoms in total. The van der Waals surface area contributed by atoms with Gasteiger partial charge in [0, 0.05) is 11.1 Å². The maximum Gasteiger partial charge on any atom is 0.430 e. The van der Waals surface area contributed by atoms with Gasteiger partial charge in [-0.1, -0.05) is 19.3 Å². The normalized spacial score (nSPS) is 18.1. The minimum Gasteiger partial charge on any atom is -0.478 e. The molecule has 0 bridgehead atoms. The van der Waals surface area contributed by atoms with Crippen LogP contribution in [0.3, 0.4) is 0 Å². The summed E-state index contributed by atoms with van der Waals surface area (Å²) in [7, 11) is 0. The summed E-state index contributed by atoms with van der Waals surface area (Å²) in [5.74, 6) is -5.19. The third-order valence-electron chi connectivity index (χ3n) is 4.88. The van der Waals surface area contributed by atoms with E-state index < -0.39 is 71.8 Å². The molecule has 1 aliphatic carbocycles. The van der Waals surface area contributed by atoms with Crippen LogP contribution in [-0.4, -0.2) is 57.2 Å². The molecule has 1 aliphatic rings. The molecule has 1 saturated carbocycles. The molecule has 0 aromatic carbocycles. The van der Waals surface area contributed by atoms with Crippen LogP contribution in [0.25, 0.3) is 0 Å². The third-order valence-corrected chi connectivity index (χ3v) is 4.88. The molecular weight excluding hydrogens is 472 g/mol. The number of carbonyl (C=O) groups is 1. The number of alkyl halides is 12. The SMILES string of the molecule is O=C(O)C(=C(C(O)(C(F)(F)F)C(F)(F)F)C(O)(C(F)(F)F)C(F)(F)F)C1CCCCC1. The molecular formula is C15H14F12O4. The van der Waals surface area contributed by atoms with Gasteiger partial charge in [-0.15, -0.1) is 0 Å². The first kappa shape index (κ1) is 27.3. The Labute approximate surface area is 165 Å². The summed E-state index contributed by atoms with van der Waals surface area (Å²) < 4.78 is 160. The fourth-order valence-electron chi connectivity index (χ4n) is 3.42. The van der Waals surface area contributed by atoms with Gasteiger partial charge in [-0.25, -0.2) is 4.79 Å². The number of halogens is 12. The van der Waals surface area contributed by atoms with Crippen molar-refractivity contribution < 1.29 is 72.8 Å². The number of aliphatic hydroxyl groups is 2. The standard InChI is InChI=1S/C15H14F12O4/c16-12(17,18)10(30,13(19,20)21)8(11(31,14(22,23)24)15(25,26)27)7(9(28)29)6-4-2-1-3-5-6/h6,30-31H,1-5H2,(H,28,29). The number of rotatable bonds is 4. The van der Waals surface area contributed by atoms with E-state index in [4.69, 9.17) is 5.11 Å². The molecule has 0 aromatic heterocycles. The van der Waals surface area contributed by atoms with Crippen LogP contribution in [0.4, 0.5) is 52.7 Å². The van der Waals surface area contributed by atoms with E-state index in [1.807, 2.05) is 0 Å². The molecule has 0 aliphatic heterocycles. The number of hydrogen-bond acceptors (Lipinski definition) is 3. The first-order valence-electron chi connectivity index (χ1n) is 8.25. The van der Waals surface area contributed by atoms with Gasteiger partial charge < -0.3 is 15.3 Å². The predicted molar refractivity (Wildman–Crippen MR) is 75.4 cm³/mol. The highest BCUT2D eigenvalue weighted by Crippen LogP contribution is 2.59. The first-order valence-corrected chi connectivity index (χ1v) is 8.25. The van der Waals surface area contributed by atoms with E-state index in [9.17, 15) is 67.7 Å². The Balaban J connectivity index is 4.38. The Kier molecular flexibility index (Phi) is 7.06. The summed E-state index contributed by atoms with van der Waals surface area (Å²) in [4.78, 5) is 11.5. The Morgan fingerprint density at radius 1 is 0.613 bits per heavy atom. The Morgan fingerprint density at radius 2 is 0.903 bits per heavy atom. The predicted octanol–water partition coefficient (Wildman–Crippen LogP) is 4.66. The third kappa shape index (κ3) is 4.45. The molecule has 0 heterocycles. The molecule has 182 valence electrons. The van der Waals surface area contributed by atoms with E-state index in [-0.39, 0.29) is 19.3 Å². The van der Waals surface area contributed by atoms with Crippen molar-refractivity contribution in [2.75, 3.05) is 0 Å². The first-order chi connectivity index (χ1) is 13.5. The smallest absolute Gasteiger partial charge is 0.430 e. The number of carboxylic acid groups (broad SMARTS) is 1. The summed E-state index contributed by atoms with van der Waals surface area (Å²) in [5.41, 5.74) is -20.8. The number of hydrogen-bond donors (Lipinski definition) is 3. The Hall–Kier alpha value is -1.71. The van der Waals surface area contributed by atoms with Crippen molar-refractivity contribution in [1.29, 1.82) is 0 Å². The summed E-state index contributed by atoms with van der Waals surface area (Å²) in [6.07, 6.45) is -30.8. The van der Waals surface area contributed by atoms with Crippen LogP contribution in [0.1, 0.15) is 32.1 Å². The summed E-state index contributed by atoms with van der Waals surface area (Å²) in [6.45, 7) is 0. The lowest BCUT2D eigenvalue weighted by molar-refractivity contribution is -0.392. The molecule has 0 saturated heterocycles. The second-order valence-corrected chi connectivity index (χ2v) is 6.84. The van der Waals surface area contributed by atoms with Crippen molar-refractivity contribution in [2.45, 2.75) is 68.0 Å². The quantitative estimate of drug-likeness (QED) is 0.399. The fourth-order valence-corrected chi connectivity index (χ4v) is 3.42. The van der Waals surface area contributed by atoms with Crippen molar-refractivity contribution in [2.24, 2.45) is 5.92 Å². The van der Waals surface area contributed by atoms with Crippen LogP contribution in [-0.2, 0) is 4.79 Å². The average Bonchev–Trinajstić information content (AvgIpc) is 2.54. The van der Waals surface area contributed by atoms with Gasteiger partial charge in [0.1, 0.15) is 0 Å².